The minimum Gasteiger partial charge on any atom is -0.385 e. The molecule has 1 aromatic carbocycles. The molecule has 1 N–H and O–H groups in total. The molecule has 1 saturated carbocycles. The monoisotopic (exact) mass is 307 g/mol. The van der Waals surface area contributed by atoms with Gasteiger partial charge in [-0.2, -0.15) is 0 Å². The molecule has 1 heterocycles. The zero-order valence-corrected chi connectivity index (χ0v) is 13.2. The molecular formula is C16H22ClN3O. The van der Waals surface area contributed by atoms with Gasteiger partial charge in [-0.25, -0.2) is 0 Å². The van der Waals surface area contributed by atoms with E-state index in [1.54, 1.807) is 6.07 Å². The highest BCUT2D eigenvalue weighted by molar-refractivity contribution is 6.31. The summed E-state index contributed by atoms with van der Waals surface area (Å²) in [6, 6.07) is 6.27. The van der Waals surface area contributed by atoms with Crippen molar-refractivity contribution in [1.29, 1.82) is 0 Å². The third kappa shape index (κ3) is 3.33. The molecule has 0 radical (unpaired) electrons. The highest BCUT2D eigenvalue weighted by Gasteiger charge is 2.32. The van der Waals surface area contributed by atoms with Gasteiger partial charge in [0.2, 0.25) is 0 Å². The molecule has 1 amide bonds. The maximum absolute atomic E-state index is 12.7. The van der Waals surface area contributed by atoms with E-state index in [0.717, 1.165) is 44.5 Å². The third-order valence-corrected chi connectivity index (χ3v) is 4.48. The van der Waals surface area contributed by atoms with E-state index in [0.29, 0.717) is 10.6 Å². The van der Waals surface area contributed by atoms with E-state index in [-0.39, 0.29) is 5.91 Å². The number of amides is 1. The molecule has 1 aromatic rings. The van der Waals surface area contributed by atoms with Crippen LogP contribution in [0.2, 0.25) is 5.02 Å². The summed E-state index contributed by atoms with van der Waals surface area (Å²) in [5.41, 5.74) is 1.56. The summed E-state index contributed by atoms with van der Waals surface area (Å²) in [6.07, 6.45) is 2.65. The molecule has 0 bridgehead atoms. The summed E-state index contributed by atoms with van der Waals surface area (Å²) in [7, 11) is 0. The van der Waals surface area contributed by atoms with Crippen LogP contribution in [-0.2, 0) is 0 Å². The fraction of sp³-hybridized carbons (Fsp3) is 0.562. The summed E-state index contributed by atoms with van der Waals surface area (Å²) < 4.78 is 0. The predicted octanol–water partition coefficient (Wildman–Crippen LogP) is 2.69. The number of halogens is 1. The van der Waals surface area contributed by atoms with Crippen LogP contribution in [0.3, 0.4) is 0 Å². The van der Waals surface area contributed by atoms with Crippen molar-refractivity contribution in [2.45, 2.75) is 25.8 Å². The number of carbonyl (C=O) groups excluding carboxylic acids is 1. The molecule has 4 nitrogen and oxygen atoms in total. The van der Waals surface area contributed by atoms with Gasteiger partial charge in [-0.05, 0) is 38.0 Å². The molecule has 5 heteroatoms. The van der Waals surface area contributed by atoms with Crippen molar-refractivity contribution in [3.8, 4) is 0 Å². The highest BCUT2D eigenvalue weighted by atomic mass is 35.5. The summed E-state index contributed by atoms with van der Waals surface area (Å²) in [4.78, 5) is 17.2. The molecule has 114 valence electrons. The number of nitrogens with zero attached hydrogens (tertiary/aromatic N) is 2. The van der Waals surface area contributed by atoms with Crippen molar-refractivity contribution in [3.05, 3.63) is 28.8 Å². The Kier molecular flexibility index (Phi) is 4.36. The maximum Gasteiger partial charge on any atom is 0.256 e. The topological polar surface area (TPSA) is 35.6 Å². The van der Waals surface area contributed by atoms with E-state index < -0.39 is 0 Å². The lowest BCUT2D eigenvalue weighted by Gasteiger charge is -2.35. The van der Waals surface area contributed by atoms with Crippen LogP contribution in [0.25, 0.3) is 0 Å². The van der Waals surface area contributed by atoms with E-state index >= 15 is 0 Å². The van der Waals surface area contributed by atoms with E-state index in [2.05, 4.69) is 10.2 Å². The molecule has 1 aliphatic carbocycles. The van der Waals surface area contributed by atoms with E-state index in [9.17, 15) is 4.79 Å². The molecule has 2 fully saturated rings. The largest absolute Gasteiger partial charge is 0.385 e. The number of hydrogen-bond acceptors (Lipinski definition) is 3. The second-order valence-corrected chi connectivity index (χ2v) is 6.22. The Bertz CT molecular complexity index is 522. The second-order valence-electron chi connectivity index (χ2n) is 5.78. The Hall–Kier alpha value is -1.26. The van der Waals surface area contributed by atoms with Gasteiger partial charge in [-0.15, -0.1) is 0 Å². The van der Waals surface area contributed by atoms with Crippen molar-refractivity contribution in [1.82, 2.24) is 9.80 Å². The zero-order valence-electron chi connectivity index (χ0n) is 12.4. The molecule has 2 aliphatic rings. The smallest absolute Gasteiger partial charge is 0.256 e. The van der Waals surface area contributed by atoms with Crippen LogP contribution in [0, 0.1) is 0 Å². The summed E-state index contributed by atoms with van der Waals surface area (Å²) in [5, 5.41) is 3.85. The Morgan fingerprint density at radius 3 is 2.62 bits per heavy atom. The fourth-order valence-electron chi connectivity index (χ4n) is 2.94. The molecule has 0 spiro atoms. The van der Waals surface area contributed by atoms with Crippen LogP contribution in [0.5, 0.6) is 0 Å². The van der Waals surface area contributed by atoms with Gasteiger partial charge in [0.15, 0.2) is 0 Å². The van der Waals surface area contributed by atoms with E-state index in [1.165, 1.54) is 12.8 Å². The van der Waals surface area contributed by atoms with Crippen LogP contribution in [0.15, 0.2) is 18.2 Å². The predicted molar refractivity (Wildman–Crippen MR) is 86.1 cm³/mol. The molecular weight excluding hydrogens is 286 g/mol. The minimum absolute atomic E-state index is 0.0869. The lowest BCUT2D eigenvalue weighted by molar-refractivity contribution is 0.0628. The molecule has 1 aliphatic heterocycles. The number of anilines is 1. The Morgan fingerprint density at radius 1 is 1.29 bits per heavy atom. The lowest BCUT2D eigenvalue weighted by Crippen LogP contribution is -2.49. The van der Waals surface area contributed by atoms with E-state index in [4.69, 9.17) is 11.6 Å². The molecule has 1 saturated heterocycles. The molecule has 3 rings (SSSR count). The van der Waals surface area contributed by atoms with Crippen molar-refractivity contribution < 1.29 is 4.79 Å². The third-order valence-electron chi connectivity index (χ3n) is 4.24. The normalized spacial score (nSPS) is 19.6. The van der Waals surface area contributed by atoms with Crippen LogP contribution < -0.4 is 5.32 Å². The quantitative estimate of drug-likeness (QED) is 0.929. The summed E-state index contributed by atoms with van der Waals surface area (Å²) in [5.74, 6) is 0.0869. The number of hydrogen-bond donors (Lipinski definition) is 1. The Labute approximate surface area is 131 Å². The first kappa shape index (κ1) is 14.7. The number of benzene rings is 1. The second kappa shape index (κ2) is 6.24. The fourth-order valence-corrected chi connectivity index (χ4v) is 3.11. The van der Waals surface area contributed by atoms with Crippen LogP contribution >= 0.6 is 11.6 Å². The van der Waals surface area contributed by atoms with Crippen molar-refractivity contribution in [3.63, 3.8) is 0 Å². The van der Waals surface area contributed by atoms with Gasteiger partial charge in [0.05, 0.1) is 5.56 Å². The van der Waals surface area contributed by atoms with Gasteiger partial charge in [-0.3, -0.25) is 9.69 Å². The average Bonchev–Trinajstić information content (AvgIpc) is 3.33. The highest BCUT2D eigenvalue weighted by Crippen LogP contribution is 2.28. The summed E-state index contributed by atoms with van der Waals surface area (Å²) >= 11 is 6.07. The number of rotatable bonds is 4. The van der Waals surface area contributed by atoms with E-state index in [1.807, 2.05) is 24.0 Å². The van der Waals surface area contributed by atoms with Crippen molar-refractivity contribution >= 4 is 23.2 Å². The maximum atomic E-state index is 12.7. The van der Waals surface area contributed by atoms with Crippen LogP contribution in [-0.4, -0.2) is 54.5 Å². The first-order valence-corrected chi connectivity index (χ1v) is 8.13. The zero-order chi connectivity index (χ0) is 14.8. The van der Waals surface area contributed by atoms with Gasteiger partial charge in [0, 0.05) is 49.5 Å². The van der Waals surface area contributed by atoms with Gasteiger partial charge in [-0.1, -0.05) is 11.6 Å². The average molecular weight is 308 g/mol. The molecule has 0 aromatic heterocycles. The van der Waals surface area contributed by atoms with Gasteiger partial charge < -0.3 is 10.2 Å². The Balaban J connectivity index is 1.71. The number of carbonyl (C=O) groups is 1. The number of nitrogens with one attached hydrogen (secondary N) is 1. The molecule has 0 unspecified atom stereocenters. The van der Waals surface area contributed by atoms with Crippen molar-refractivity contribution in [2.75, 3.05) is 38.0 Å². The van der Waals surface area contributed by atoms with Gasteiger partial charge in [0.1, 0.15) is 0 Å². The Morgan fingerprint density at radius 2 is 2.00 bits per heavy atom. The standard InChI is InChI=1S/C16H22ClN3O/c1-2-18-15-6-3-12(17)11-14(15)16(21)20-9-7-19(8-10-20)13-4-5-13/h3,6,11,13,18H,2,4-5,7-10H2,1H3. The minimum atomic E-state index is 0.0869. The summed E-state index contributed by atoms with van der Waals surface area (Å²) in [6.45, 7) is 6.43. The SMILES string of the molecule is CCNc1ccc(Cl)cc1C(=O)N1CCN(C2CC2)CC1. The van der Waals surface area contributed by atoms with Crippen LogP contribution in [0.1, 0.15) is 30.1 Å². The van der Waals surface area contributed by atoms with Gasteiger partial charge >= 0.3 is 0 Å². The first-order valence-electron chi connectivity index (χ1n) is 7.76. The van der Waals surface area contributed by atoms with Crippen molar-refractivity contribution in [2.24, 2.45) is 0 Å². The first-order chi connectivity index (χ1) is 10.2. The lowest BCUT2D eigenvalue weighted by atomic mass is 10.1. The number of piperazine rings is 1. The molecule has 0 atom stereocenters. The van der Waals surface area contributed by atoms with Crippen LogP contribution in [0.4, 0.5) is 5.69 Å². The van der Waals surface area contributed by atoms with Gasteiger partial charge in [0.25, 0.3) is 5.91 Å². The molecule has 21 heavy (non-hydrogen) atoms.